The third kappa shape index (κ3) is 10.6. The number of halogens is 3. The van der Waals surface area contributed by atoms with Gasteiger partial charge in [-0.1, -0.05) is 72.4 Å². The van der Waals surface area contributed by atoms with Crippen LogP contribution in [0.3, 0.4) is 0 Å². The molecule has 0 aliphatic carbocycles. The zero-order chi connectivity index (χ0) is 25.7. The predicted octanol–water partition coefficient (Wildman–Crippen LogP) is 8.72. The van der Waals surface area contributed by atoms with Crippen LogP contribution in [0.1, 0.15) is 40.5 Å². The Bertz CT molecular complexity index is 872. The maximum absolute atomic E-state index is 14.6. The second-order valence-electron chi connectivity index (χ2n) is 7.76. The van der Waals surface area contributed by atoms with Crippen molar-refractivity contribution in [1.82, 2.24) is 0 Å². The highest BCUT2D eigenvalue weighted by Crippen LogP contribution is 2.28. The van der Waals surface area contributed by atoms with Crippen LogP contribution in [-0.2, 0) is 9.47 Å². The van der Waals surface area contributed by atoms with Crippen molar-refractivity contribution in [2.45, 2.75) is 46.6 Å². The maximum Gasteiger partial charge on any atom is 0.200 e. The Morgan fingerprint density at radius 2 is 1.39 bits per heavy atom. The summed E-state index contributed by atoms with van der Waals surface area (Å²) >= 11 is 0. The highest BCUT2D eigenvalue weighted by molar-refractivity contribution is 5.53. The summed E-state index contributed by atoms with van der Waals surface area (Å²) in [7, 11) is 0. The van der Waals surface area contributed by atoms with Crippen molar-refractivity contribution in [1.29, 1.82) is 0 Å². The quantitative estimate of drug-likeness (QED) is 0.169. The number of rotatable bonds is 16. The Hall–Kier alpha value is -2.79. The van der Waals surface area contributed by atoms with E-state index in [4.69, 9.17) is 9.47 Å². The van der Waals surface area contributed by atoms with Crippen LogP contribution in [0.5, 0.6) is 0 Å². The fourth-order valence-corrected chi connectivity index (χ4v) is 2.17. The molecule has 0 aliphatic rings. The summed E-state index contributed by atoms with van der Waals surface area (Å²) in [5.41, 5.74) is 0.603. The molecule has 2 nitrogen and oxygen atoms in total. The van der Waals surface area contributed by atoms with Gasteiger partial charge in [-0.15, -0.1) is 0 Å². The molecule has 0 saturated carbocycles. The van der Waals surface area contributed by atoms with E-state index in [1.165, 1.54) is 18.2 Å². The van der Waals surface area contributed by atoms with E-state index in [9.17, 15) is 13.2 Å². The molecule has 182 valence electrons. The van der Waals surface area contributed by atoms with Gasteiger partial charge in [0.05, 0.1) is 19.3 Å². The summed E-state index contributed by atoms with van der Waals surface area (Å²) in [6, 6.07) is 0. The van der Waals surface area contributed by atoms with Crippen molar-refractivity contribution in [3.05, 3.63) is 109 Å². The van der Waals surface area contributed by atoms with E-state index < -0.39 is 23.2 Å². The van der Waals surface area contributed by atoms with Gasteiger partial charge in [0.2, 0.25) is 5.83 Å². The van der Waals surface area contributed by atoms with Crippen molar-refractivity contribution in [3.8, 4) is 0 Å². The zero-order valence-electron chi connectivity index (χ0n) is 20.4. The monoisotopic (exact) mass is 462 g/mol. The number of hydrogen-bond donors (Lipinski definition) is 0. The Morgan fingerprint density at radius 1 is 0.848 bits per heavy atom. The number of ether oxygens (including phenoxy) is 2. The van der Waals surface area contributed by atoms with Crippen LogP contribution in [0.15, 0.2) is 109 Å². The molecule has 2 unspecified atom stereocenters. The molecule has 0 aromatic heterocycles. The molecule has 0 amide bonds. The normalized spacial score (nSPS) is 14.3. The summed E-state index contributed by atoms with van der Waals surface area (Å²) in [6.07, 6.45) is 5.67. The molecule has 0 fully saturated rings. The Morgan fingerprint density at radius 3 is 1.91 bits per heavy atom. The third-order valence-corrected chi connectivity index (χ3v) is 4.88. The van der Waals surface area contributed by atoms with Gasteiger partial charge in [0.25, 0.3) is 0 Å². The first kappa shape index (κ1) is 30.2. The first-order chi connectivity index (χ1) is 15.4. The summed E-state index contributed by atoms with van der Waals surface area (Å²) < 4.78 is 53.7. The molecule has 0 aromatic rings. The van der Waals surface area contributed by atoms with Crippen LogP contribution in [0, 0.1) is 5.92 Å². The SMILES string of the molecule is C=C(/C=C\C(=C)C(=C)/C(F)=C\C(=C)C(C)COC(C)CC)C(=C)/C(F)=C(/F)C(=C)OCCC. The molecular weight excluding hydrogens is 425 g/mol. The highest BCUT2D eigenvalue weighted by atomic mass is 19.2. The lowest BCUT2D eigenvalue weighted by molar-refractivity contribution is 0.0493. The molecule has 0 radical (unpaired) electrons. The molecule has 5 heteroatoms. The van der Waals surface area contributed by atoms with Gasteiger partial charge < -0.3 is 9.47 Å². The van der Waals surface area contributed by atoms with Gasteiger partial charge in [-0.2, -0.15) is 4.39 Å². The van der Waals surface area contributed by atoms with Crippen molar-refractivity contribution in [2.75, 3.05) is 13.2 Å². The molecule has 0 spiro atoms. The first-order valence-electron chi connectivity index (χ1n) is 10.9. The van der Waals surface area contributed by atoms with Crippen LogP contribution in [-0.4, -0.2) is 19.3 Å². The van der Waals surface area contributed by atoms with Gasteiger partial charge >= 0.3 is 0 Å². The molecule has 0 saturated heterocycles. The molecule has 0 N–H and O–H groups in total. The van der Waals surface area contributed by atoms with Gasteiger partial charge in [-0.05, 0) is 42.6 Å². The summed E-state index contributed by atoms with van der Waals surface area (Å²) in [6.45, 7) is 30.3. The van der Waals surface area contributed by atoms with Crippen LogP contribution in [0.25, 0.3) is 0 Å². The molecule has 0 bridgehead atoms. The standard InChI is InChI=1S/C28H37F3O2/c1-11-15-32-25(10)28(31)27(30)24(9)19(4)14-13-18(3)23(8)26(29)16-20(5)21(6)17-33-22(7)12-2/h13-14,16,21-22H,3-5,8-12,15,17H2,1-2,6-7H3/b14-13-,26-16+,28-27-. The molecule has 0 heterocycles. The summed E-state index contributed by atoms with van der Waals surface area (Å²) in [5.74, 6) is -3.57. The fourth-order valence-electron chi connectivity index (χ4n) is 2.17. The Labute approximate surface area is 197 Å². The van der Waals surface area contributed by atoms with Gasteiger partial charge in [0, 0.05) is 17.1 Å². The van der Waals surface area contributed by atoms with Crippen LogP contribution in [0.4, 0.5) is 13.2 Å². The average molecular weight is 463 g/mol. The smallest absolute Gasteiger partial charge is 0.200 e. The van der Waals surface area contributed by atoms with Crippen LogP contribution in [0.2, 0.25) is 0 Å². The molecule has 2 atom stereocenters. The minimum Gasteiger partial charge on any atom is -0.491 e. The molecule has 0 rings (SSSR count). The van der Waals surface area contributed by atoms with Gasteiger partial charge in [-0.25, -0.2) is 8.78 Å². The zero-order valence-corrected chi connectivity index (χ0v) is 20.4. The van der Waals surface area contributed by atoms with Crippen LogP contribution >= 0.6 is 0 Å². The number of hydrogen-bond acceptors (Lipinski definition) is 2. The maximum atomic E-state index is 14.6. The van der Waals surface area contributed by atoms with E-state index in [0.717, 1.165) is 6.42 Å². The van der Waals surface area contributed by atoms with Gasteiger partial charge in [0.1, 0.15) is 5.83 Å². The van der Waals surface area contributed by atoms with Crippen molar-refractivity contribution in [2.24, 2.45) is 5.92 Å². The molecule has 0 aromatic carbocycles. The van der Waals surface area contributed by atoms with Crippen molar-refractivity contribution < 1.29 is 22.6 Å². The second-order valence-corrected chi connectivity index (χ2v) is 7.76. The van der Waals surface area contributed by atoms with Crippen LogP contribution < -0.4 is 0 Å². The summed E-state index contributed by atoms with van der Waals surface area (Å²) in [4.78, 5) is 0. The lowest BCUT2D eigenvalue weighted by atomic mass is 9.99. The third-order valence-electron chi connectivity index (χ3n) is 4.88. The lowest BCUT2D eigenvalue weighted by Gasteiger charge is -2.16. The fraction of sp³-hybridized carbons (Fsp3) is 0.357. The molecular formula is C28H37F3O2. The lowest BCUT2D eigenvalue weighted by Crippen LogP contribution is -2.14. The van der Waals surface area contributed by atoms with E-state index in [2.05, 4.69) is 39.5 Å². The first-order valence-corrected chi connectivity index (χ1v) is 10.9. The van der Waals surface area contributed by atoms with E-state index in [1.807, 2.05) is 27.7 Å². The minimum atomic E-state index is -1.25. The predicted molar refractivity (Wildman–Crippen MR) is 134 cm³/mol. The van der Waals surface area contributed by atoms with E-state index in [0.29, 0.717) is 18.6 Å². The van der Waals surface area contributed by atoms with E-state index in [1.54, 1.807) is 0 Å². The van der Waals surface area contributed by atoms with Gasteiger partial charge in [-0.3, -0.25) is 0 Å². The largest absolute Gasteiger partial charge is 0.491 e. The Balaban J connectivity index is 5.13. The minimum absolute atomic E-state index is 0.0318. The topological polar surface area (TPSA) is 18.5 Å². The highest BCUT2D eigenvalue weighted by Gasteiger charge is 2.16. The van der Waals surface area contributed by atoms with Crippen molar-refractivity contribution >= 4 is 0 Å². The average Bonchev–Trinajstić information content (AvgIpc) is 2.81. The Kier molecular flexibility index (Phi) is 13.8. The van der Waals surface area contributed by atoms with Gasteiger partial charge in [0.15, 0.2) is 11.6 Å². The molecule has 33 heavy (non-hydrogen) atoms. The molecule has 0 aliphatic heterocycles. The second kappa shape index (κ2) is 15.1. The summed E-state index contributed by atoms with van der Waals surface area (Å²) in [5, 5.41) is 0. The van der Waals surface area contributed by atoms with E-state index >= 15 is 0 Å². The van der Waals surface area contributed by atoms with E-state index in [-0.39, 0.29) is 40.9 Å². The van der Waals surface area contributed by atoms with Crippen molar-refractivity contribution in [3.63, 3.8) is 0 Å². The number of allylic oxidation sites excluding steroid dienone is 10.